The van der Waals surface area contributed by atoms with Crippen molar-refractivity contribution in [3.8, 4) is 0 Å². The van der Waals surface area contributed by atoms with Gasteiger partial charge in [0.15, 0.2) is 0 Å². The van der Waals surface area contributed by atoms with Gasteiger partial charge in [-0.15, -0.1) is 0 Å². The van der Waals surface area contributed by atoms with Crippen molar-refractivity contribution in [2.24, 2.45) is 0 Å². The highest BCUT2D eigenvalue weighted by molar-refractivity contribution is 7.89. The molecule has 2 heterocycles. The zero-order valence-electron chi connectivity index (χ0n) is 11.6. The molecule has 1 N–H and O–H groups in total. The summed E-state index contributed by atoms with van der Waals surface area (Å²) in [5.74, 6) is 0. The van der Waals surface area contributed by atoms with Gasteiger partial charge in [-0.05, 0) is 30.2 Å². The highest BCUT2D eigenvalue weighted by Gasteiger charge is 2.20. The van der Waals surface area contributed by atoms with E-state index in [4.69, 9.17) is 4.74 Å². The average molecular weight is 308 g/mol. The van der Waals surface area contributed by atoms with E-state index >= 15 is 0 Å². The molecule has 0 saturated carbocycles. The maximum absolute atomic E-state index is 12.4. The third-order valence-corrected chi connectivity index (χ3v) is 4.87. The summed E-state index contributed by atoms with van der Waals surface area (Å²) in [6.07, 6.45) is 2.97. The summed E-state index contributed by atoms with van der Waals surface area (Å²) in [4.78, 5) is 4.09. The number of nitrogens with zero attached hydrogens (tertiary/aromatic N) is 3. The molecule has 7 nitrogen and oxygen atoms in total. The van der Waals surface area contributed by atoms with Crippen LogP contribution in [0.5, 0.6) is 0 Å². The van der Waals surface area contributed by atoms with Crippen molar-refractivity contribution in [1.29, 1.82) is 0 Å². The van der Waals surface area contributed by atoms with E-state index in [-0.39, 0.29) is 10.9 Å². The molecule has 2 aromatic rings. The van der Waals surface area contributed by atoms with Crippen LogP contribution in [-0.2, 0) is 34.5 Å². The van der Waals surface area contributed by atoms with Crippen molar-refractivity contribution in [3.05, 3.63) is 42.0 Å². The lowest BCUT2D eigenvalue weighted by atomic mass is 10.1. The second-order valence-corrected chi connectivity index (χ2v) is 6.78. The predicted molar refractivity (Wildman–Crippen MR) is 74.7 cm³/mol. The first kappa shape index (κ1) is 14.2. The highest BCUT2D eigenvalue weighted by Crippen LogP contribution is 2.23. The van der Waals surface area contributed by atoms with E-state index in [1.165, 1.54) is 6.33 Å². The molecule has 0 bridgehead atoms. The second-order valence-electron chi connectivity index (χ2n) is 5.06. The van der Waals surface area contributed by atoms with E-state index in [1.807, 2.05) is 0 Å². The molecule has 0 aliphatic carbocycles. The SMILES string of the molecule is C[C@@H](Cn1cncn1)NS(=O)(=O)c1ccc2c(c1)COC2. The molecule has 0 unspecified atom stereocenters. The lowest BCUT2D eigenvalue weighted by Gasteiger charge is -2.14. The fourth-order valence-electron chi connectivity index (χ4n) is 2.29. The molecule has 0 saturated heterocycles. The van der Waals surface area contributed by atoms with Gasteiger partial charge in [0.2, 0.25) is 10.0 Å². The van der Waals surface area contributed by atoms with Gasteiger partial charge in [0, 0.05) is 6.04 Å². The third kappa shape index (κ3) is 3.12. The molecule has 0 amide bonds. The summed E-state index contributed by atoms with van der Waals surface area (Å²) < 4.78 is 34.3. The van der Waals surface area contributed by atoms with Crippen molar-refractivity contribution in [2.45, 2.75) is 37.6 Å². The van der Waals surface area contributed by atoms with E-state index in [9.17, 15) is 8.42 Å². The minimum absolute atomic E-state index is 0.261. The molecular weight excluding hydrogens is 292 g/mol. The number of sulfonamides is 1. The Hall–Kier alpha value is -1.77. The molecule has 0 fully saturated rings. The molecule has 8 heteroatoms. The molecular formula is C13H16N4O3S. The van der Waals surface area contributed by atoms with E-state index in [1.54, 1.807) is 36.1 Å². The van der Waals surface area contributed by atoms with Gasteiger partial charge in [0.25, 0.3) is 0 Å². The molecule has 1 aliphatic rings. The number of hydrogen-bond acceptors (Lipinski definition) is 5. The summed E-state index contributed by atoms with van der Waals surface area (Å²) in [6, 6.07) is 4.80. The normalized spacial score (nSPS) is 15.9. The Bertz CT molecular complexity index is 728. The van der Waals surface area contributed by atoms with Crippen LogP contribution in [0.25, 0.3) is 0 Å². The maximum Gasteiger partial charge on any atom is 0.240 e. The first-order valence-corrected chi connectivity index (χ1v) is 8.07. The lowest BCUT2D eigenvalue weighted by molar-refractivity contribution is 0.134. The van der Waals surface area contributed by atoms with Crippen LogP contribution in [0.15, 0.2) is 35.7 Å². The van der Waals surface area contributed by atoms with E-state index in [0.717, 1.165) is 11.1 Å². The van der Waals surface area contributed by atoms with E-state index < -0.39 is 10.0 Å². The fraction of sp³-hybridized carbons (Fsp3) is 0.385. The zero-order valence-corrected chi connectivity index (χ0v) is 12.4. The van der Waals surface area contributed by atoms with Crippen molar-refractivity contribution < 1.29 is 13.2 Å². The Morgan fingerprint density at radius 3 is 2.95 bits per heavy atom. The van der Waals surface area contributed by atoms with Crippen molar-refractivity contribution in [1.82, 2.24) is 19.5 Å². The van der Waals surface area contributed by atoms with Crippen molar-refractivity contribution in [3.63, 3.8) is 0 Å². The van der Waals surface area contributed by atoms with Gasteiger partial charge < -0.3 is 4.74 Å². The largest absolute Gasteiger partial charge is 0.372 e. The molecule has 1 aromatic carbocycles. The lowest BCUT2D eigenvalue weighted by Crippen LogP contribution is -2.35. The Morgan fingerprint density at radius 1 is 1.38 bits per heavy atom. The molecule has 1 aromatic heterocycles. The van der Waals surface area contributed by atoms with Gasteiger partial charge in [-0.25, -0.2) is 18.1 Å². The Morgan fingerprint density at radius 2 is 2.19 bits per heavy atom. The van der Waals surface area contributed by atoms with E-state index in [0.29, 0.717) is 19.8 Å². The van der Waals surface area contributed by atoms with Crippen LogP contribution in [0.2, 0.25) is 0 Å². The molecule has 1 aliphatic heterocycles. The summed E-state index contributed by atoms with van der Waals surface area (Å²) in [5.41, 5.74) is 1.98. The average Bonchev–Trinajstić information content (AvgIpc) is 3.07. The minimum atomic E-state index is -3.55. The summed E-state index contributed by atoms with van der Waals surface area (Å²) in [6.45, 7) is 3.22. The Kier molecular flexibility index (Phi) is 3.75. The van der Waals surface area contributed by atoms with Gasteiger partial charge in [-0.2, -0.15) is 5.10 Å². The Balaban J connectivity index is 1.74. The predicted octanol–water partition coefficient (Wildman–Crippen LogP) is 0.675. The number of nitrogens with one attached hydrogen (secondary N) is 1. The number of fused-ring (bicyclic) bond motifs is 1. The van der Waals surface area contributed by atoms with Gasteiger partial charge in [0.05, 0.1) is 24.7 Å². The minimum Gasteiger partial charge on any atom is -0.372 e. The smallest absolute Gasteiger partial charge is 0.240 e. The molecule has 0 spiro atoms. The van der Waals surface area contributed by atoms with Crippen LogP contribution in [0, 0.1) is 0 Å². The zero-order chi connectivity index (χ0) is 14.9. The van der Waals surface area contributed by atoms with Crippen molar-refractivity contribution in [2.75, 3.05) is 0 Å². The maximum atomic E-state index is 12.4. The van der Waals surface area contributed by atoms with Crippen molar-refractivity contribution >= 4 is 10.0 Å². The van der Waals surface area contributed by atoms with Crippen LogP contribution >= 0.6 is 0 Å². The van der Waals surface area contributed by atoms with Gasteiger partial charge >= 0.3 is 0 Å². The van der Waals surface area contributed by atoms with Crippen LogP contribution in [0.4, 0.5) is 0 Å². The number of aromatic nitrogens is 3. The standard InChI is InChI=1S/C13H16N4O3S/c1-10(5-17-9-14-8-15-17)16-21(18,19)13-3-2-11-6-20-7-12(11)4-13/h2-4,8-10,16H,5-7H2,1H3/t10-/m0/s1. The first-order chi connectivity index (χ1) is 10.0. The molecule has 1 atom stereocenters. The first-order valence-electron chi connectivity index (χ1n) is 6.59. The van der Waals surface area contributed by atoms with Crippen LogP contribution < -0.4 is 4.72 Å². The molecule has 112 valence electrons. The molecule has 21 heavy (non-hydrogen) atoms. The molecule has 0 radical (unpaired) electrons. The molecule has 3 rings (SSSR count). The number of hydrogen-bond donors (Lipinski definition) is 1. The number of benzene rings is 1. The van der Waals surface area contributed by atoms with E-state index in [2.05, 4.69) is 14.8 Å². The quantitative estimate of drug-likeness (QED) is 0.877. The highest BCUT2D eigenvalue weighted by atomic mass is 32.2. The summed E-state index contributed by atoms with van der Waals surface area (Å²) >= 11 is 0. The number of rotatable bonds is 5. The summed E-state index contributed by atoms with van der Waals surface area (Å²) in [7, 11) is -3.55. The topological polar surface area (TPSA) is 86.1 Å². The van der Waals surface area contributed by atoms with Gasteiger partial charge in [-0.1, -0.05) is 6.07 Å². The van der Waals surface area contributed by atoms with Crippen LogP contribution in [0.1, 0.15) is 18.1 Å². The van der Waals surface area contributed by atoms with Gasteiger partial charge in [0.1, 0.15) is 12.7 Å². The monoisotopic (exact) mass is 308 g/mol. The third-order valence-electron chi connectivity index (χ3n) is 3.29. The van der Waals surface area contributed by atoms with Gasteiger partial charge in [-0.3, -0.25) is 4.68 Å². The number of ether oxygens (including phenoxy) is 1. The van der Waals surface area contributed by atoms with Crippen LogP contribution in [-0.4, -0.2) is 29.2 Å². The Labute approximate surface area is 123 Å². The fourth-order valence-corrected chi connectivity index (χ4v) is 3.58. The second kappa shape index (κ2) is 5.55. The summed E-state index contributed by atoms with van der Waals surface area (Å²) in [5, 5.41) is 3.96. The van der Waals surface area contributed by atoms with Crippen LogP contribution in [0.3, 0.4) is 0 Å².